The van der Waals surface area contributed by atoms with Gasteiger partial charge in [-0.15, -0.1) is 10.2 Å². The third kappa shape index (κ3) is 4.21. The number of carbonyl (C=O) groups excluding carboxylic acids is 1. The van der Waals surface area contributed by atoms with Crippen LogP contribution in [0.3, 0.4) is 0 Å². The van der Waals surface area contributed by atoms with Gasteiger partial charge in [-0.2, -0.15) is 9.81 Å². The molecule has 2 heterocycles. The van der Waals surface area contributed by atoms with E-state index in [1.54, 1.807) is 0 Å². The Balaban J connectivity index is 1.75. The number of quaternary nitrogens is 1. The van der Waals surface area contributed by atoms with Crippen LogP contribution in [0.4, 0.5) is 0 Å². The molecule has 33 heavy (non-hydrogen) atoms. The first-order valence-electron chi connectivity index (χ1n) is 11.2. The molecule has 8 heteroatoms. The van der Waals surface area contributed by atoms with E-state index in [0.29, 0.717) is 21.7 Å². The van der Waals surface area contributed by atoms with E-state index in [9.17, 15) is 4.79 Å². The average Bonchev–Trinajstić information content (AvgIpc) is 3.49. The van der Waals surface area contributed by atoms with Crippen LogP contribution in [0.5, 0.6) is 0 Å². The summed E-state index contributed by atoms with van der Waals surface area (Å²) in [4.78, 5) is 12.8. The molecule has 1 unspecified atom stereocenters. The Morgan fingerprint density at radius 2 is 1.73 bits per heavy atom. The minimum atomic E-state index is -0.338. The molecule has 0 radical (unpaired) electrons. The fourth-order valence-corrected chi connectivity index (χ4v) is 4.41. The smallest absolute Gasteiger partial charge is 0.346 e. The number of rotatable bonds is 8. The highest BCUT2D eigenvalue weighted by Crippen LogP contribution is 2.35. The number of allylic oxidation sites excluding steroid dienone is 1. The average molecular weight is 446 g/mol. The Bertz CT molecular complexity index is 1200. The fraction of sp³-hybridized carbons (Fsp3) is 0.320. The van der Waals surface area contributed by atoms with Gasteiger partial charge >= 0.3 is 5.97 Å². The van der Waals surface area contributed by atoms with Crippen LogP contribution in [0.2, 0.25) is 0 Å². The zero-order chi connectivity index (χ0) is 23.4. The first kappa shape index (κ1) is 22.5. The molecule has 1 aromatic heterocycles. The number of benzene rings is 2. The van der Waals surface area contributed by atoms with Crippen LogP contribution in [0.15, 0.2) is 64.9 Å². The molecule has 4 rings (SSSR count). The molecule has 1 aliphatic rings. The SMILES string of the molecule is CCCC[N+]1(C)N=C(c2ccc(-c3ccccc3-c3nn[nH]n3)cc2)C(C(=O)OC)=C1CC. The monoisotopic (exact) mass is 445 g/mol. The minimum absolute atomic E-state index is 0.338. The lowest BCUT2D eigenvalue weighted by atomic mass is 9.95. The van der Waals surface area contributed by atoms with Crippen LogP contribution in [0.25, 0.3) is 22.5 Å². The topological polar surface area (TPSA) is 93.1 Å². The van der Waals surface area contributed by atoms with Crippen molar-refractivity contribution >= 4 is 11.7 Å². The van der Waals surface area contributed by atoms with E-state index in [1.165, 1.54) is 7.11 Å². The van der Waals surface area contributed by atoms with Crippen LogP contribution < -0.4 is 0 Å². The highest BCUT2D eigenvalue weighted by Gasteiger charge is 2.42. The maximum absolute atomic E-state index is 12.8. The Morgan fingerprint density at radius 1 is 1.03 bits per heavy atom. The second-order valence-corrected chi connectivity index (χ2v) is 8.19. The molecule has 170 valence electrons. The van der Waals surface area contributed by atoms with E-state index < -0.39 is 0 Å². The third-order valence-electron chi connectivity index (χ3n) is 6.08. The lowest BCUT2D eigenvalue weighted by Gasteiger charge is -2.26. The number of hydrogen-bond acceptors (Lipinski definition) is 6. The molecule has 0 bridgehead atoms. The van der Waals surface area contributed by atoms with E-state index in [1.807, 2.05) is 48.5 Å². The summed E-state index contributed by atoms with van der Waals surface area (Å²) in [6, 6.07) is 16.0. The van der Waals surface area contributed by atoms with Gasteiger partial charge in [0, 0.05) is 17.5 Å². The number of carbonyl (C=O) groups is 1. The van der Waals surface area contributed by atoms with Gasteiger partial charge in [-0.05, 0) is 22.8 Å². The van der Waals surface area contributed by atoms with Gasteiger partial charge in [0.05, 0.1) is 14.2 Å². The molecule has 8 nitrogen and oxygen atoms in total. The maximum Gasteiger partial charge on any atom is 0.346 e. The number of esters is 1. The summed E-state index contributed by atoms with van der Waals surface area (Å²) in [7, 11) is 3.49. The summed E-state index contributed by atoms with van der Waals surface area (Å²) in [6.07, 6.45) is 2.82. The van der Waals surface area contributed by atoms with Gasteiger partial charge in [-0.1, -0.05) is 73.9 Å². The molecule has 1 N–H and O–H groups in total. The fourth-order valence-electron chi connectivity index (χ4n) is 4.41. The number of tetrazole rings is 1. The zero-order valence-corrected chi connectivity index (χ0v) is 19.5. The number of H-pyrrole nitrogens is 1. The van der Waals surface area contributed by atoms with Crippen LogP contribution in [-0.2, 0) is 9.53 Å². The summed E-state index contributed by atoms with van der Waals surface area (Å²) in [6.45, 7) is 5.07. The predicted molar refractivity (Wildman–Crippen MR) is 127 cm³/mol. The standard InChI is InChI=1S/C25H29N6O2/c1-5-7-16-31(3)21(6-2)22(25(32)33-4)23(28-31)18-14-12-17(13-15-18)19-10-8-9-11-20(19)24-26-29-30-27-24/h8-15H,5-7,16H2,1-4H3,(H,26,27,29,30)/q+1. The molecule has 0 aliphatic carbocycles. The van der Waals surface area contributed by atoms with Gasteiger partial charge in [0.1, 0.15) is 17.8 Å². The number of nitrogens with one attached hydrogen (secondary N) is 1. The van der Waals surface area contributed by atoms with Gasteiger partial charge in [0.15, 0.2) is 5.70 Å². The lowest BCUT2D eigenvalue weighted by Crippen LogP contribution is -2.36. The van der Waals surface area contributed by atoms with Crippen LogP contribution in [0, 0.1) is 0 Å². The summed E-state index contributed by atoms with van der Waals surface area (Å²) >= 11 is 0. The normalized spacial score (nSPS) is 17.9. The van der Waals surface area contributed by atoms with Gasteiger partial charge < -0.3 is 4.74 Å². The molecule has 0 fully saturated rings. The van der Waals surface area contributed by atoms with E-state index in [2.05, 4.69) is 41.5 Å². The summed E-state index contributed by atoms with van der Waals surface area (Å²) in [5, 5.41) is 19.5. The third-order valence-corrected chi connectivity index (χ3v) is 6.08. The van der Waals surface area contributed by atoms with Crippen molar-refractivity contribution in [1.82, 2.24) is 20.6 Å². The van der Waals surface area contributed by atoms with Crippen LogP contribution >= 0.6 is 0 Å². The Labute approximate surface area is 193 Å². The second kappa shape index (κ2) is 9.46. The Kier molecular flexibility index (Phi) is 6.46. The Morgan fingerprint density at radius 3 is 2.33 bits per heavy atom. The summed E-state index contributed by atoms with van der Waals surface area (Å²) < 4.78 is 5.55. The van der Waals surface area contributed by atoms with Crippen molar-refractivity contribution in [3.05, 3.63) is 65.4 Å². The maximum atomic E-state index is 12.8. The molecule has 0 saturated carbocycles. The summed E-state index contributed by atoms with van der Waals surface area (Å²) in [5.41, 5.74) is 6.07. The quantitative estimate of drug-likeness (QED) is 0.411. The number of aromatic nitrogens is 4. The molecule has 1 aliphatic heterocycles. The van der Waals surface area contributed by atoms with Crippen molar-refractivity contribution in [1.29, 1.82) is 0 Å². The number of aromatic amines is 1. The van der Waals surface area contributed by atoms with Crippen molar-refractivity contribution in [3.63, 3.8) is 0 Å². The number of unbranched alkanes of at least 4 members (excludes halogenated alkanes) is 1. The van der Waals surface area contributed by atoms with Crippen molar-refractivity contribution in [2.75, 3.05) is 20.7 Å². The van der Waals surface area contributed by atoms with E-state index >= 15 is 0 Å². The molecule has 1 atom stereocenters. The predicted octanol–water partition coefficient (Wildman–Crippen LogP) is 4.34. The number of methoxy groups -OCH3 is 1. The van der Waals surface area contributed by atoms with E-state index in [4.69, 9.17) is 9.84 Å². The van der Waals surface area contributed by atoms with Crippen LogP contribution in [-0.4, -0.2) is 57.6 Å². The van der Waals surface area contributed by atoms with Gasteiger partial charge in [-0.25, -0.2) is 4.79 Å². The largest absolute Gasteiger partial charge is 0.465 e. The minimum Gasteiger partial charge on any atom is -0.465 e. The van der Waals surface area contributed by atoms with Crippen molar-refractivity contribution < 1.29 is 14.1 Å². The molecule has 3 aromatic rings. The number of ether oxygens (including phenoxy) is 1. The van der Waals surface area contributed by atoms with E-state index in [0.717, 1.165) is 53.8 Å². The molecule has 0 amide bonds. The van der Waals surface area contributed by atoms with Crippen molar-refractivity contribution in [3.8, 4) is 22.5 Å². The summed E-state index contributed by atoms with van der Waals surface area (Å²) in [5.74, 6) is 0.206. The second-order valence-electron chi connectivity index (χ2n) is 8.19. The number of nitrogens with zero attached hydrogens (tertiary/aromatic N) is 5. The molecular formula is C25H29N6O2+. The van der Waals surface area contributed by atoms with Gasteiger partial charge in [-0.3, -0.25) is 0 Å². The van der Waals surface area contributed by atoms with Crippen molar-refractivity contribution in [2.45, 2.75) is 33.1 Å². The first-order chi connectivity index (χ1) is 16.0. The van der Waals surface area contributed by atoms with Gasteiger partial charge in [0.25, 0.3) is 0 Å². The molecule has 0 spiro atoms. The van der Waals surface area contributed by atoms with Crippen molar-refractivity contribution in [2.24, 2.45) is 5.10 Å². The zero-order valence-electron chi connectivity index (χ0n) is 19.5. The number of hydrogen-bond donors (Lipinski definition) is 1. The molecule has 0 saturated heterocycles. The van der Waals surface area contributed by atoms with E-state index in [-0.39, 0.29) is 5.97 Å². The van der Waals surface area contributed by atoms with Gasteiger partial charge in [0.2, 0.25) is 5.82 Å². The van der Waals surface area contributed by atoms with Crippen LogP contribution in [0.1, 0.15) is 38.7 Å². The molecule has 2 aromatic carbocycles. The first-order valence-corrected chi connectivity index (χ1v) is 11.2. The molecular weight excluding hydrogens is 416 g/mol. The lowest BCUT2D eigenvalue weighted by molar-refractivity contribution is -0.878. The highest BCUT2D eigenvalue weighted by molar-refractivity contribution is 6.27. The Hall–Kier alpha value is -3.65. The highest BCUT2D eigenvalue weighted by atomic mass is 16.5.